The molecule has 0 bridgehead atoms. The van der Waals surface area contributed by atoms with E-state index in [9.17, 15) is 4.39 Å². The number of benzene rings is 1. The van der Waals surface area contributed by atoms with Crippen LogP contribution in [0.25, 0.3) is 11.5 Å². The third-order valence-electron chi connectivity index (χ3n) is 3.21. The van der Waals surface area contributed by atoms with Crippen LogP contribution in [0.3, 0.4) is 0 Å². The van der Waals surface area contributed by atoms with Crippen LogP contribution in [0.5, 0.6) is 0 Å². The van der Waals surface area contributed by atoms with Crippen LogP contribution < -0.4 is 0 Å². The Bertz CT molecular complexity index is 782. The molecular formula is C16H14FN5. The van der Waals surface area contributed by atoms with Crippen molar-refractivity contribution in [2.45, 2.75) is 13.1 Å². The van der Waals surface area contributed by atoms with Crippen molar-refractivity contribution in [1.29, 1.82) is 0 Å². The van der Waals surface area contributed by atoms with E-state index in [1.807, 2.05) is 6.07 Å². The molecule has 0 amide bonds. The molecule has 3 rings (SSSR count). The smallest absolute Gasteiger partial charge is 0.179 e. The van der Waals surface area contributed by atoms with Gasteiger partial charge >= 0.3 is 0 Å². The largest absolute Gasteiger partial charge is 0.295 e. The number of aliphatic imine (C=N–C) groups is 1. The normalized spacial score (nSPS) is 10.6. The van der Waals surface area contributed by atoms with Crippen molar-refractivity contribution in [2.24, 2.45) is 4.99 Å². The first-order chi connectivity index (χ1) is 10.8. The lowest BCUT2D eigenvalue weighted by molar-refractivity contribution is 0.576. The maximum absolute atomic E-state index is 13.8. The lowest BCUT2D eigenvalue weighted by Crippen LogP contribution is -2.07. The number of halogens is 1. The molecule has 0 aliphatic carbocycles. The average Bonchev–Trinajstić information content (AvgIpc) is 2.94. The minimum atomic E-state index is -0.256. The predicted octanol–water partition coefficient (Wildman–Crippen LogP) is 2.73. The van der Waals surface area contributed by atoms with Gasteiger partial charge in [0.1, 0.15) is 11.5 Å². The number of aromatic nitrogens is 4. The van der Waals surface area contributed by atoms with Gasteiger partial charge in [0.2, 0.25) is 0 Å². The highest BCUT2D eigenvalue weighted by molar-refractivity contribution is 5.49. The van der Waals surface area contributed by atoms with E-state index >= 15 is 0 Å². The minimum Gasteiger partial charge on any atom is -0.295 e. The molecule has 5 nitrogen and oxygen atoms in total. The Morgan fingerprint density at radius 1 is 1.14 bits per heavy atom. The first kappa shape index (κ1) is 14.1. The lowest BCUT2D eigenvalue weighted by Gasteiger charge is -2.06. The second kappa shape index (κ2) is 6.26. The Kier molecular flexibility index (Phi) is 4.00. The first-order valence-electron chi connectivity index (χ1n) is 6.78. The molecule has 6 heteroatoms. The van der Waals surface area contributed by atoms with Gasteiger partial charge in [-0.25, -0.2) is 14.4 Å². The average molecular weight is 295 g/mol. The highest BCUT2D eigenvalue weighted by Gasteiger charge is 2.12. The Balaban J connectivity index is 1.98. The topological polar surface area (TPSA) is 56.0 Å². The molecule has 0 N–H and O–H groups in total. The van der Waals surface area contributed by atoms with Crippen molar-refractivity contribution >= 4 is 6.72 Å². The zero-order valence-electron chi connectivity index (χ0n) is 11.9. The highest BCUT2D eigenvalue weighted by Crippen LogP contribution is 2.17. The summed E-state index contributed by atoms with van der Waals surface area (Å²) in [6, 6.07) is 10.2. The molecule has 0 fully saturated rings. The van der Waals surface area contributed by atoms with Crippen molar-refractivity contribution < 1.29 is 4.39 Å². The number of nitrogens with zero attached hydrogens (tertiary/aromatic N) is 5. The predicted molar refractivity (Wildman–Crippen MR) is 82.0 cm³/mol. The highest BCUT2D eigenvalue weighted by atomic mass is 19.1. The minimum absolute atomic E-state index is 0.256. The standard InChI is InChI=1S/C16H14FN5/c1-18-10-13-9-15(16-19-7-4-8-20-16)21-22(13)11-12-5-2-3-6-14(12)17/h2-9H,1,10-11H2. The molecule has 0 atom stereocenters. The molecule has 0 radical (unpaired) electrons. The molecule has 2 heterocycles. The lowest BCUT2D eigenvalue weighted by atomic mass is 10.2. The summed E-state index contributed by atoms with van der Waals surface area (Å²) in [5.74, 6) is 0.271. The summed E-state index contributed by atoms with van der Waals surface area (Å²) in [6.45, 7) is 4.23. The van der Waals surface area contributed by atoms with E-state index in [0.29, 0.717) is 30.2 Å². The first-order valence-corrected chi connectivity index (χ1v) is 6.78. The molecule has 110 valence electrons. The van der Waals surface area contributed by atoms with E-state index in [1.54, 1.807) is 41.3 Å². The summed E-state index contributed by atoms with van der Waals surface area (Å²) in [4.78, 5) is 12.3. The van der Waals surface area contributed by atoms with E-state index in [1.165, 1.54) is 6.07 Å². The van der Waals surface area contributed by atoms with Gasteiger partial charge in [-0.2, -0.15) is 5.10 Å². The Hall–Kier alpha value is -2.89. The van der Waals surface area contributed by atoms with Crippen molar-refractivity contribution in [1.82, 2.24) is 19.7 Å². The SMILES string of the molecule is C=NCc1cc(-c2ncccn2)nn1Cc1ccccc1F. The van der Waals surface area contributed by atoms with Gasteiger partial charge in [-0.3, -0.25) is 9.67 Å². The monoisotopic (exact) mass is 295 g/mol. The van der Waals surface area contributed by atoms with E-state index in [2.05, 4.69) is 26.8 Å². The molecule has 0 spiro atoms. The van der Waals surface area contributed by atoms with Gasteiger partial charge in [0.05, 0.1) is 18.8 Å². The summed E-state index contributed by atoms with van der Waals surface area (Å²) in [7, 11) is 0. The van der Waals surface area contributed by atoms with Crippen LogP contribution >= 0.6 is 0 Å². The van der Waals surface area contributed by atoms with Crippen LogP contribution in [0.15, 0.2) is 53.8 Å². The van der Waals surface area contributed by atoms with Gasteiger partial charge in [0, 0.05) is 18.0 Å². The van der Waals surface area contributed by atoms with Gasteiger partial charge in [-0.15, -0.1) is 0 Å². The fourth-order valence-corrected chi connectivity index (χ4v) is 2.16. The molecular weight excluding hydrogens is 281 g/mol. The molecule has 0 unspecified atom stereocenters. The molecule has 0 saturated carbocycles. The van der Waals surface area contributed by atoms with Crippen LogP contribution in [-0.4, -0.2) is 26.5 Å². The molecule has 1 aromatic carbocycles. The number of hydrogen-bond donors (Lipinski definition) is 0. The van der Waals surface area contributed by atoms with Gasteiger partial charge in [0.15, 0.2) is 5.82 Å². The van der Waals surface area contributed by atoms with Crippen molar-refractivity contribution in [3.8, 4) is 11.5 Å². The zero-order valence-corrected chi connectivity index (χ0v) is 11.9. The van der Waals surface area contributed by atoms with E-state index in [-0.39, 0.29) is 5.82 Å². The van der Waals surface area contributed by atoms with Gasteiger partial charge in [-0.05, 0) is 24.9 Å². The molecule has 0 aliphatic rings. The Labute approximate surface area is 127 Å². The molecule has 22 heavy (non-hydrogen) atoms. The van der Waals surface area contributed by atoms with E-state index in [4.69, 9.17) is 0 Å². The summed E-state index contributed by atoms with van der Waals surface area (Å²) in [5, 5.41) is 4.47. The maximum Gasteiger partial charge on any atom is 0.179 e. The third kappa shape index (κ3) is 2.90. The number of hydrogen-bond acceptors (Lipinski definition) is 4. The molecule has 0 aliphatic heterocycles. The van der Waals surface area contributed by atoms with Gasteiger partial charge in [0.25, 0.3) is 0 Å². The quantitative estimate of drug-likeness (QED) is 0.680. The fourth-order valence-electron chi connectivity index (χ4n) is 2.16. The van der Waals surface area contributed by atoms with E-state index in [0.717, 1.165) is 5.69 Å². The van der Waals surface area contributed by atoms with Crippen LogP contribution in [-0.2, 0) is 13.1 Å². The summed E-state index contributed by atoms with van der Waals surface area (Å²) in [6.07, 6.45) is 3.31. The van der Waals surface area contributed by atoms with Crippen LogP contribution in [0.1, 0.15) is 11.3 Å². The molecule has 0 saturated heterocycles. The van der Waals surface area contributed by atoms with Crippen LogP contribution in [0, 0.1) is 5.82 Å². The van der Waals surface area contributed by atoms with Crippen molar-refractivity contribution in [3.05, 3.63) is 65.9 Å². The van der Waals surface area contributed by atoms with Crippen LogP contribution in [0.2, 0.25) is 0 Å². The summed E-state index contributed by atoms with van der Waals surface area (Å²) in [5.41, 5.74) is 2.03. The van der Waals surface area contributed by atoms with Crippen molar-refractivity contribution in [3.63, 3.8) is 0 Å². The zero-order chi connectivity index (χ0) is 15.4. The Morgan fingerprint density at radius 3 is 2.64 bits per heavy atom. The van der Waals surface area contributed by atoms with E-state index < -0.39 is 0 Å². The number of rotatable bonds is 5. The fraction of sp³-hybridized carbons (Fsp3) is 0.125. The maximum atomic E-state index is 13.8. The molecule has 2 aromatic heterocycles. The van der Waals surface area contributed by atoms with Crippen molar-refractivity contribution in [2.75, 3.05) is 0 Å². The third-order valence-corrected chi connectivity index (χ3v) is 3.21. The van der Waals surface area contributed by atoms with Gasteiger partial charge in [-0.1, -0.05) is 18.2 Å². The summed E-state index contributed by atoms with van der Waals surface area (Å²) < 4.78 is 15.5. The molecule has 3 aromatic rings. The second-order valence-corrected chi connectivity index (χ2v) is 4.72. The Morgan fingerprint density at radius 2 is 1.91 bits per heavy atom. The van der Waals surface area contributed by atoms with Gasteiger partial charge < -0.3 is 0 Å². The summed E-state index contributed by atoms with van der Waals surface area (Å²) >= 11 is 0. The van der Waals surface area contributed by atoms with Crippen LogP contribution in [0.4, 0.5) is 4.39 Å². The second-order valence-electron chi connectivity index (χ2n) is 4.72.